The summed E-state index contributed by atoms with van der Waals surface area (Å²) in [4.78, 5) is 14.3. The zero-order valence-electron chi connectivity index (χ0n) is 16.6. The van der Waals surface area contributed by atoms with Crippen molar-refractivity contribution in [1.29, 1.82) is 0 Å². The van der Waals surface area contributed by atoms with Crippen LogP contribution in [-0.2, 0) is 21.2 Å². The van der Waals surface area contributed by atoms with Crippen LogP contribution < -0.4 is 15.0 Å². The molecular formula is C20H24FN3O4S. The molecule has 0 fully saturated rings. The predicted molar refractivity (Wildman–Crippen MR) is 109 cm³/mol. The summed E-state index contributed by atoms with van der Waals surface area (Å²) in [5, 5.41) is 2.70. The highest BCUT2D eigenvalue weighted by molar-refractivity contribution is 7.89. The number of aryl methyl sites for hydroxylation is 1. The van der Waals surface area contributed by atoms with Gasteiger partial charge in [0.1, 0.15) is 16.5 Å². The molecule has 0 spiro atoms. The van der Waals surface area contributed by atoms with E-state index in [1.54, 1.807) is 17.0 Å². The van der Waals surface area contributed by atoms with Crippen molar-refractivity contribution in [3.63, 3.8) is 0 Å². The molecule has 0 bridgehead atoms. The summed E-state index contributed by atoms with van der Waals surface area (Å²) in [6, 6.07) is 9.33. The summed E-state index contributed by atoms with van der Waals surface area (Å²) in [7, 11) is 0.464. The number of benzene rings is 2. The second-order valence-corrected chi connectivity index (χ2v) is 9.09. The summed E-state index contributed by atoms with van der Waals surface area (Å²) >= 11 is 0. The van der Waals surface area contributed by atoms with Crippen molar-refractivity contribution >= 4 is 27.3 Å². The first-order valence-corrected chi connectivity index (χ1v) is 10.6. The Morgan fingerprint density at radius 2 is 2.03 bits per heavy atom. The van der Waals surface area contributed by atoms with Gasteiger partial charge in [0.05, 0.1) is 19.3 Å². The van der Waals surface area contributed by atoms with E-state index in [0.29, 0.717) is 17.9 Å². The van der Waals surface area contributed by atoms with Gasteiger partial charge in [0.15, 0.2) is 0 Å². The van der Waals surface area contributed by atoms with Crippen LogP contribution in [0.2, 0.25) is 0 Å². The average Bonchev–Trinajstić information content (AvgIpc) is 2.68. The molecule has 1 heterocycles. The van der Waals surface area contributed by atoms with E-state index in [1.807, 2.05) is 6.07 Å². The summed E-state index contributed by atoms with van der Waals surface area (Å²) in [5.74, 6) is -0.526. The zero-order valence-corrected chi connectivity index (χ0v) is 17.4. The molecule has 29 heavy (non-hydrogen) atoms. The minimum absolute atomic E-state index is 0.0320. The van der Waals surface area contributed by atoms with Crippen molar-refractivity contribution in [2.24, 2.45) is 0 Å². The van der Waals surface area contributed by atoms with E-state index >= 15 is 0 Å². The number of nitrogens with one attached hydrogen (secondary N) is 1. The van der Waals surface area contributed by atoms with Crippen LogP contribution in [0.25, 0.3) is 0 Å². The Labute approximate surface area is 170 Å². The van der Waals surface area contributed by atoms with Crippen molar-refractivity contribution in [2.75, 3.05) is 44.5 Å². The van der Waals surface area contributed by atoms with Crippen LogP contribution in [-0.4, -0.2) is 52.9 Å². The lowest BCUT2D eigenvalue weighted by molar-refractivity contribution is -0.115. The Bertz CT molecular complexity index is 1020. The zero-order chi connectivity index (χ0) is 21.2. The molecule has 3 rings (SSSR count). The summed E-state index contributed by atoms with van der Waals surface area (Å²) in [5.41, 5.74) is 1.66. The maximum absolute atomic E-state index is 14.3. The fourth-order valence-corrected chi connectivity index (χ4v) is 4.45. The van der Waals surface area contributed by atoms with Gasteiger partial charge in [0.25, 0.3) is 0 Å². The number of amides is 1. The lowest BCUT2D eigenvalue weighted by atomic mass is 10.0. The van der Waals surface area contributed by atoms with Gasteiger partial charge in [0.2, 0.25) is 15.9 Å². The number of hydrogen-bond donors (Lipinski definition) is 1. The van der Waals surface area contributed by atoms with Gasteiger partial charge in [-0.3, -0.25) is 4.79 Å². The summed E-state index contributed by atoms with van der Waals surface area (Å²) < 4.78 is 45.6. The Morgan fingerprint density at radius 1 is 1.28 bits per heavy atom. The minimum atomic E-state index is -3.75. The standard InChI is InChI=1S/C20H24FN3O4S/c1-23(2)29(26,27)18-12-15(9-10-17(18)28-3)22-19(25)13-24-11-5-7-14-6-4-8-16(21)20(14)24/h4,6,8-10,12H,5,7,11,13H2,1-3H3,(H,22,25). The van der Waals surface area contributed by atoms with Crippen molar-refractivity contribution in [3.05, 3.63) is 47.8 Å². The van der Waals surface area contributed by atoms with Crippen LogP contribution in [0.3, 0.4) is 0 Å². The van der Waals surface area contributed by atoms with Crippen LogP contribution in [0.15, 0.2) is 41.3 Å². The highest BCUT2D eigenvalue weighted by Gasteiger charge is 2.25. The molecule has 7 nitrogen and oxygen atoms in total. The van der Waals surface area contributed by atoms with Gasteiger partial charge in [-0.05, 0) is 42.7 Å². The molecule has 2 aromatic rings. The van der Waals surface area contributed by atoms with E-state index in [0.717, 1.165) is 22.7 Å². The van der Waals surface area contributed by atoms with E-state index in [-0.39, 0.29) is 28.9 Å². The lowest BCUT2D eigenvalue weighted by Gasteiger charge is -2.31. The molecule has 1 aliphatic heterocycles. The van der Waals surface area contributed by atoms with Gasteiger partial charge in [-0.1, -0.05) is 12.1 Å². The molecule has 1 aliphatic rings. The molecule has 1 N–H and O–H groups in total. The number of anilines is 2. The third-order valence-corrected chi connectivity index (χ3v) is 6.64. The molecule has 0 saturated heterocycles. The molecule has 1 amide bonds. The maximum atomic E-state index is 14.3. The molecule has 2 aromatic carbocycles. The Hall–Kier alpha value is -2.65. The number of nitrogens with zero attached hydrogens (tertiary/aromatic N) is 2. The largest absolute Gasteiger partial charge is 0.495 e. The predicted octanol–water partition coefficient (Wildman–Crippen LogP) is 2.48. The van der Waals surface area contributed by atoms with Crippen LogP contribution >= 0.6 is 0 Å². The molecule has 0 unspecified atom stereocenters. The van der Waals surface area contributed by atoms with Gasteiger partial charge in [-0.15, -0.1) is 0 Å². The van der Waals surface area contributed by atoms with Crippen molar-refractivity contribution in [2.45, 2.75) is 17.7 Å². The molecule has 0 atom stereocenters. The molecule has 9 heteroatoms. The molecule has 0 aromatic heterocycles. The summed E-state index contributed by atoms with van der Waals surface area (Å²) in [6.45, 7) is 0.542. The number of hydrogen-bond acceptors (Lipinski definition) is 5. The third-order valence-electron chi connectivity index (χ3n) is 4.80. The van der Waals surface area contributed by atoms with E-state index in [2.05, 4.69) is 5.32 Å². The third kappa shape index (κ3) is 4.35. The first-order chi connectivity index (χ1) is 13.7. The highest BCUT2D eigenvalue weighted by atomic mass is 32.2. The van der Waals surface area contributed by atoms with Crippen LogP contribution in [0, 0.1) is 5.82 Å². The first-order valence-electron chi connectivity index (χ1n) is 9.17. The van der Waals surface area contributed by atoms with E-state index in [4.69, 9.17) is 4.74 Å². The Balaban J connectivity index is 1.81. The first kappa shape index (κ1) is 21.1. The smallest absolute Gasteiger partial charge is 0.246 e. The monoisotopic (exact) mass is 421 g/mol. The average molecular weight is 421 g/mol. The number of fused-ring (bicyclic) bond motifs is 1. The second-order valence-electron chi connectivity index (χ2n) is 6.97. The fraction of sp³-hybridized carbons (Fsp3) is 0.350. The number of methoxy groups -OCH3 is 1. The normalized spacial score (nSPS) is 13.9. The Kier molecular flexibility index (Phi) is 6.09. The van der Waals surface area contributed by atoms with E-state index in [1.165, 1.54) is 39.4 Å². The van der Waals surface area contributed by atoms with Crippen LogP contribution in [0.1, 0.15) is 12.0 Å². The van der Waals surface area contributed by atoms with Crippen LogP contribution in [0.5, 0.6) is 5.75 Å². The number of halogens is 1. The second kappa shape index (κ2) is 8.38. The number of para-hydroxylation sites is 1. The van der Waals surface area contributed by atoms with Crippen molar-refractivity contribution < 1.29 is 22.3 Å². The van der Waals surface area contributed by atoms with Gasteiger partial charge < -0.3 is 15.0 Å². The SMILES string of the molecule is COc1ccc(NC(=O)CN2CCCc3cccc(F)c32)cc1S(=O)(=O)N(C)C. The quantitative estimate of drug-likeness (QED) is 0.775. The molecule has 0 radical (unpaired) electrons. The maximum Gasteiger partial charge on any atom is 0.246 e. The number of carbonyl (C=O) groups excluding carboxylic acids is 1. The van der Waals surface area contributed by atoms with E-state index < -0.39 is 10.0 Å². The van der Waals surface area contributed by atoms with Crippen LogP contribution in [0.4, 0.5) is 15.8 Å². The number of sulfonamides is 1. The lowest BCUT2D eigenvalue weighted by Crippen LogP contribution is -2.37. The number of rotatable bonds is 6. The van der Waals surface area contributed by atoms with Crippen molar-refractivity contribution in [1.82, 2.24) is 4.31 Å². The van der Waals surface area contributed by atoms with Crippen molar-refractivity contribution in [3.8, 4) is 5.75 Å². The Morgan fingerprint density at radius 3 is 2.72 bits per heavy atom. The molecule has 0 saturated carbocycles. The number of ether oxygens (including phenoxy) is 1. The topological polar surface area (TPSA) is 79.0 Å². The number of carbonyl (C=O) groups is 1. The minimum Gasteiger partial charge on any atom is -0.495 e. The van der Waals surface area contributed by atoms with Gasteiger partial charge in [-0.25, -0.2) is 17.1 Å². The molecule has 0 aliphatic carbocycles. The van der Waals surface area contributed by atoms with Gasteiger partial charge in [-0.2, -0.15) is 0 Å². The van der Waals surface area contributed by atoms with Gasteiger partial charge >= 0.3 is 0 Å². The van der Waals surface area contributed by atoms with Gasteiger partial charge in [0, 0.05) is 26.3 Å². The highest BCUT2D eigenvalue weighted by Crippen LogP contribution is 2.31. The molecular weight excluding hydrogens is 397 g/mol. The summed E-state index contributed by atoms with van der Waals surface area (Å²) in [6.07, 6.45) is 1.60. The fourth-order valence-electron chi connectivity index (χ4n) is 3.37. The van der Waals surface area contributed by atoms with E-state index in [9.17, 15) is 17.6 Å². The molecule has 156 valence electrons.